The fourth-order valence-corrected chi connectivity index (χ4v) is 2.73. The predicted octanol–water partition coefficient (Wildman–Crippen LogP) is 1.53. The fraction of sp³-hybridized carbons (Fsp3) is 0.571. The van der Waals surface area contributed by atoms with Gasteiger partial charge >= 0.3 is 6.18 Å². The summed E-state index contributed by atoms with van der Waals surface area (Å²) >= 11 is 0. The highest BCUT2D eigenvalue weighted by atomic mass is 19.4. The average molecular weight is 304 g/mol. The lowest BCUT2D eigenvalue weighted by molar-refractivity contribution is -0.138. The van der Waals surface area contributed by atoms with Crippen LogP contribution in [-0.2, 0) is 17.5 Å². The highest BCUT2D eigenvalue weighted by molar-refractivity contribution is 5.42. The minimum atomic E-state index is -4.35. The van der Waals surface area contributed by atoms with Crippen LogP contribution in [0.1, 0.15) is 22.7 Å². The fourth-order valence-electron chi connectivity index (χ4n) is 2.73. The second-order valence-electron chi connectivity index (χ2n) is 4.93. The topological polar surface area (TPSA) is 58.7 Å². The van der Waals surface area contributed by atoms with Gasteiger partial charge in [-0.25, -0.2) is 0 Å². The molecule has 0 aromatic heterocycles. The van der Waals surface area contributed by atoms with Crippen LogP contribution in [0, 0.1) is 0 Å². The Morgan fingerprint density at radius 2 is 2.10 bits per heavy atom. The summed E-state index contributed by atoms with van der Waals surface area (Å²) < 4.78 is 44.3. The van der Waals surface area contributed by atoms with Crippen LogP contribution < -0.4 is 5.73 Å². The van der Waals surface area contributed by atoms with E-state index in [2.05, 4.69) is 0 Å². The van der Waals surface area contributed by atoms with Gasteiger partial charge in [0.05, 0.1) is 25.4 Å². The summed E-state index contributed by atoms with van der Waals surface area (Å²) in [5.74, 6) is 0. The molecular weight excluding hydrogens is 285 g/mol. The molecule has 0 amide bonds. The summed E-state index contributed by atoms with van der Waals surface area (Å²) in [6, 6.07) is 4.02. The van der Waals surface area contributed by atoms with E-state index in [1.54, 1.807) is 6.07 Å². The van der Waals surface area contributed by atoms with Crippen LogP contribution >= 0.6 is 0 Å². The number of fused-ring (bicyclic) bond motifs is 1. The molecule has 1 unspecified atom stereocenters. The first-order valence-electron chi connectivity index (χ1n) is 6.80. The van der Waals surface area contributed by atoms with Gasteiger partial charge in [0.15, 0.2) is 0 Å². The van der Waals surface area contributed by atoms with Crippen molar-refractivity contribution in [1.29, 1.82) is 0 Å². The van der Waals surface area contributed by atoms with Gasteiger partial charge in [-0.05, 0) is 17.2 Å². The van der Waals surface area contributed by atoms with Crippen molar-refractivity contribution in [3.8, 4) is 0 Å². The third-order valence-electron chi connectivity index (χ3n) is 3.66. The lowest BCUT2D eigenvalue weighted by Crippen LogP contribution is -2.31. The van der Waals surface area contributed by atoms with Gasteiger partial charge in [-0.1, -0.05) is 12.1 Å². The SMILES string of the molecule is NCC1c2cccc(C(F)(F)F)c2CN1CCOCCO. The summed E-state index contributed by atoms with van der Waals surface area (Å²) in [5, 5.41) is 8.64. The zero-order chi connectivity index (χ0) is 15.5. The molecule has 1 aliphatic rings. The van der Waals surface area contributed by atoms with E-state index in [1.807, 2.05) is 4.90 Å². The standard InChI is InChI=1S/C14H19F3N2O2/c15-14(16,17)12-3-1-2-10-11(12)9-19(13(10)8-18)4-6-21-7-5-20/h1-3,13,20H,4-9,18H2. The molecule has 0 spiro atoms. The Kier molecular flexibility index (Phi) is 5.21. The van der Waals surface area contributed by atoms with E-state index in [-0.39, 0.29) is 32.3 Å². The maximum Gasteiger partial charge on any atom is 0.416 e. The first-order valence-corrected chi connectivity index (χ1v) is 6.80. The molecule has 1 heterocycles. The molecule has 0 saturated carbocycles. The molecule has 0 fully saturated rings. The number of nitrogens with zero attached hydrogens (tertiary/aromatic N) is 1. The second-order valence-corrected chi connectivity index (χ2v) is 4.93. The summed E-state index contributed by atoms with van der Waals surface area (Å²) in [5.41, 5.74) is 6.09. The van der Waals surface area contributed by atoms with Gasteiger partial charge in [0.1, 0.15) is 0 Å². The molecule has 0 radical (unpaired) electrons. The van der Waals surface area contributed by atoms with E-state index in [0.717, 1.165) is 6.07 Å². The molecule has 1 aromatic rings. The van der Waals surface area contributed by atoms with E-state index < -0.39 is 11.7 Å². The number of benzene rings is 1. The Hall–Kier alpha value is -1.15. The number of halogens is 3. The van der Waals surface area contributed by atoms with Gasteiger partial charge in [0, 0.05) is 25.7 Å². The van der Waals surface area contributed by atoms with Gasteiger partial charge in [0.25, 0.3) is 0 Å². The number of aliphatic hydroxyl groups is 1. The number of aliphatic hydroxyl groups excluding tert-OH is 1. The summed E-state index contributed by atoms with van der Waals surface area (Å²) in [6.45, 7) is 1.46. The first kappa shape index (κ1) is 16.2. The number of nitrogens with two attached hydrogens (primary N) is 1. The third-order valence-corrected chi connectivity index (χ3v) is 3.66. The largest absolute Gasteiger partial charge is 0.416 e. The van der Waals surface area contributed by atoms with Crippen LogP contribution in [0.4, 0.5) is 13.2 Å². The average Bonchev–Trinajstić information content (AvgIpc) is 2.79. The molecule has 118 valence electrons. The second kappa shape index (κ2) is 6.74. The molecule has 0 saturated heterocycles. The minimum absolute atomic E-state index is 0.0707. The molecule has 0 aliphatic carbocycles. The molecule has 21 heavy (non-hydrogen) atoms. The van der Waals surface area contributed by atoms with Crippen LogP contribution in [0.15, 0.2) is 18.2 Å². The van der Waals surface area contributed by atoms with Gasteiger partial charge in [-0.15, -0.1) is 0 Å². The van der Waals surface area contributed by atoms with Gasteiger partial charge in [-0.3, -0.25) is 4.90 Å². The van der Waals surface area contributed by atoms with Crippen LogP contribution in [0.3, 0.4) is 0 Å². The van der Waals surface area contributed by atoms with E-state index in [4.69, 9.17) is 15.6 Å². The Balaban J connectivity index is 2.16. The Morgan fingerprint density at radius 1 is 1.33 bits per heavy atom. The van der Waals surface area contributed by atoms with Crippen molar-refractivity contribution in [3.63, 3.8) is 0 Å². The van der Waals surface area contributed by atoms with Crippen LogP contribution in [0.5, 0.6) is 0 Å². The number of rotatable bonds is 6. The molecule has 0 bridgehead atoms. The lowest BCUT2D eigenvalue weighted by Gasteiger charge is -2.23. The Morgan fingerprint density at radius 3 is 2.71 bits per heavy atom. The van der Waals surface area contributed by atoms with Crippen molar-refractivity contribution in [3.05, 3.63) is 34.9 Å². The first-order chi connectivity index (χ1) is 9.99. The van der Waals surface area contributed by atoms with Crippen LogP contribution in [0.25, 0.3) is 0 Å². The van der Waals surface area contributed by atoms with Crippen LogP contribution in [0.2, 0.25) is 0 Å². The van der Waals surface area contributed by atoms with E-state index in [0.29, 0.717) is 24.3 Å². The van der Waals surface area contributed by atoms with Crippen molar-refractivity contribution < 1.29 is 23.0 Å². The highest BCUT2D eigenvalue weighted by Gasteiger charge is 2.39. The third kappa shape index (κ3) is 3.55. The predicted molar refractivity (Wildman–Crippen MR) is 71.6 cm³/mol. The zero-order valence-electron chi connectivity index (χ0n) is 11.6. The van der Waals surface area contributed by atoms with Crippen molar-refractivity contribution in [2.75, 3.05) is 32.9 Å². The van der Waals surface area contributed by atoms with Gasteiger partial charge in [0.2, 0.25) is 0 Å². The van der Waals surface area contributed by atoms with Crippen molar-refractivity contribution in [2.24, 2.45) is 5.73 Å². The molecule has 3 N–H and O–H groups in total. The maximum absolute atomic E-state index is 13.1. The van der Waals surface area contributed by atoms with E-state index in [9.17, 15) is 13.2 Å². The monoisotopic (exact) mass is 304 g/mol. The van der Waals surface area contributed by atoms with Gasteiger partial charge < -0.3 is 15.6 Å². The zero-order valence-corrected chi connectivity index (χ0v) is 11.6. The summed E-state index contributed by atoms with van der Waals surface area (Å²) in [4.78, 5) is 1.89. The molecular formula is C14H19F3N2O2. The molecule has 1 atom stereocenters. The van der Waals surface area contributed by atoms with E-state index >= 15 is 0 Å². The van der Waals surface area contributed by atoms with Crippen molar-refractivity contribution in [2.45, 2.75) is 18.8 Å². The molecule has 1 aromatic carbocycles. The van der Waals surface area contributed by atoms with Crippen molar-refractivity contribution in [1.82, 2.24) is 4.90 Å². The maximum atomic E-state index is 13.1. The molecule has 4 nitrogen and oxygen atoms in total. The van der Waals surface area contributed by atoms with E-state index in [1.165, 1.54) is 6.07 Å². The molecule has 2 rings (SSSR count). The molecule has 7 heteroatoms. The quantitative estimate of drug-likeness (QED) is 0.783. The van der Waals surface area contributed by atoms with Crippen LogP contribution in [-0.4, -0.2) is 42.9 Å². The number of hydrogen-bond donors (Lipinski definition) is 2. The smallest absolute Gasteiger partial charge is 0.394 e. The van der Waals surface area contributed by atoms with Gasteiger partial charge in [-0.2, -0.15) is 13.2 Å². The lowest BCUT2D eigenvalue weighted by atomic mass is 9.99. The number of ether oxygens (including phenoxy) is 1. The summed E-state index contributed by atoms with van der Waals surface area (Å²) in [7, 11) is 0. The van der Waals surface area contributed by atoms with Crippen molar-refractivity contribution >= 4 is 0 Å². The molecule has 1 aliphatic heterocycles. The number of hydrogen-bond acceptors (Lipinski definition) is 4. The minimum Gasteiger partial charge on any atom is -0.394 e. The number of alkyl halides is 3. The normalized spacial score (nSPS) is 19.0. The Labute approximate surface area is 121 Å². The Bertz CT molecular complexity index is 480. The highest BCUT2D eigenvalue weighted by Crippen LogP contribution is 2.40. The summed E-state index contributed by atoms with van der Waals surface area (Å²) in [6.07, 6.45) is -4.35.